The van der Waals surface area contributed by atoms with Crippen molar-refractivity contribution in [3.05, 3.63) is 29.3 Å². The maximum Gasteiger partial charge on any atom is 0.338 e. The Morgan fingerprint density at radius 1 is 1.33 bits per heavy atom. The number of ether oxygens (including phenoxy) is 1. The molecule has 0 aromatic heterocycles. The fraction of sp³-hybridized carbons (Fsp3) is 0.556. The van der Waals surface area contributed by atoms with E-state index in [2.05, 4.69) is 15.5 Å². The van der Waals surface area contributed by atoms with Gasteiger partial charge in [-0.3, -0.25) is 0 Å². The highest BCUT2D eigenvalue weighted by Crippen LogP contribution is 2.17. The summed E-state index contributed by atoms with van der Waals surface area (Å²) in [6.45, 7) is 8.58. The molecule has 2 N–H and O–H groups in total. The average Bonchev–Trinajstić information content (AvgIpc) is 3.07. The number of aryl methyl sites for hydroxylation is 1. The van der Waals surface area contributed by atoms with Crippen LogP contribution in [0, 0.1) is 6.92 Å². The molecule has 0 amide bonds. The van der Waals surface area contributed by atoms with Gasteiger partial charge in [-0.2, -0.15) is 0 Å². The van der Waals surface area contributed by atoms with Crippen molar-refractivity contribution >= 4 is 29.0 Å². The molecule has 1 aliphatic rings. The molecule has 0 bridgehead atoms. The lowest BCUT2D eigenvalue weighted by Crippen LogP contribution is -2.31. The largest absolute Gasteiger partial charge is 0.462 e. The molecule has 6 heteroatoms. The van der Waals surface area contributed by atoms with Gasteiger partial charge in [0.1, 0.15) is 0 Å². The van der Waals surface area contributed by atoms with Crippen LogP contribution in [0.1, 0.15) is 42.1 Å². The van der Waals surface area contributed by atoms with Crippen LogP contribution in [0.25, 0.3) is 0 Å². The summed E-state index contributed by atoms with van der Waals surface area (Å²) in [4.78, 5) is 14.2. The van der Waals surface area contributed by atoms with Crippen molar-refractivity contribution in [3.8, 4) is 0 Å². The zero-order valence-electron chi connectivity index (χ0n) is 14.6. The zero-order valence-corrected chi connectivity index (χ0v) is 15.4. The number of hydrogen-bond acceptors (Lipinski definition) is 4. The Kier molecular flexibility index (Phi) is 7.46. The minimum Gasteiger partial charge on any atom is -0.462 e. The Balaban J connectivity index is 1.75. The topological polar surface area (TPSA) is 53.6 Å². The second kappa shape index (κ2) is 9.59. The number of esters is 1. The minimum atomic E-state index is -0.297. The van der Waals surface area contributed by atoms with Gasteiger partial charge in [0.25, 0.3) is 0 Å². The van der Waals surface area contributed by atoms with E-state index in [-0.39, 0.29) is 5.97 Å². The predicted octanol–water partition coefficient (Wildman–Crippen LogP) is 2.94. The van der Waals surface area contributed by atoms with Crippen molar-refractivity contribution in [2.24, 2.45) is 0 Å². The van der Waals surface area contributed by atoms with Crippen molar-refractivity contribution in [1.29, 1.82) is 0 Å². The molecule has 24 heavy (non-hydrogen) atoms. The normalized spacial score (nSPS) is 14.4. The number of hydrogen-bond donors (Lipinski definition) is 2. The summed E-state index contributed by atoms with van der Waals surface area (Å²) >= 11 is 5.34. The summed E-state index contributed by atoms with van der Waals surface area (Å²) < 4.78 is 5.01. The lowest BCUT2D eigenvalue weighted by atomic mass is 10.1. The summed E-state index contributed by atoms with van der Waals surface area (Å²) in [6.07, 6.45) is 3.74. The fourth-order valence-electron chi connectivity index (χ4n) is 2.82. The number of nitrogens with one attached hydrogen (secondary N) is 2. The molecule has 1 aliphatic heterocycles. The van der Waals surface area contributed by atoms with Gasteiger partial charge in [-0.05, 0) is 88.7 Å². The van der Waals surface area contributed by atoms with E-state index in [0.29, 0.717) is 17.3 Å². The highest BCUT2D eigenvalue weighted by atomic mass is 32.1. The van der Waals surface area contributed by atoms with Gasteiger partial charge < -0.3 is 20.3 Å². The summed E-state index contributed by atoms with van der Waals surface area (Å²) in [5, 5.41) is 7.05. The van der Waals surface area contributed by atoms with Crippen molar-refractivity contribution in [1.82, 2.24) is 10.2 Å². The number of benzene rings is 1. The van der Waals surface area contributed by atoms with E-state index in [1.165, 1.54) is 25.9 Å². The standard InChI is InChI=1S/C18H27N3O2S/c1-3-23-17(22)15-7-8-16(14(2)13-15)20-18(24)19-9-6-12-21-10-4-5-11-21/h7-8,13H,3-6,9-12H2,1-2H3,(H2,19,20,24). The second-order valence-corrected chi connectivity index (χ2v) is 6.44. The molecule has 1 heterocycles. The molecule has 0 atom stereocenters. The zero-order chi connectivity index (χ0) is 17.4. The monoisotopic (exact) mass is 349 g/mol. The van der Waals surface area contributed by atoms with Crippen LogP contribution in [0.4, 0.5) is 5.69 Å². The maximum atomic E-state index is 11.7. The van der Waals surface area contributed by atoms with Gasteiger partial charge in [-0.25, -0.2) is 4.79 Å². The number of rotatable bonds is 7. The Morgan fingerprint density at radius 2 is 2.08 bits per heavy atom. The van der Waals surface area contributed by atoms with E-state index in [1.807, 2.05) is 19.1 Å². The molecule has 0 unspecified atom stereocenters. The molecule has 0 aliphatic carbocycles. The first-order valence-corrected chi connectivity index (χ1v) is 9.06. The van der Waals surface area contributed by atoms with Crippen molar-refractivity contribution in [2.75, 3.05) is 38.1 Å². The number of nitrogens with zero attached hydrogens (tertiary/aromatic N) is 1. The predicted molar refractivity (Wildman–Crippen MR) is 102 cm³/mol. The first-order valence-electron chi connectivity index (χ1n) is 8.65. The van der Waals surface area contributed by atoms with Crippen molar-refractivity contribution < 1.29 is 9.53 Å². The van der Waals surface area contributed by atoms with Crippen LogP contribution in [-0.2, 0) is 4.74 Å². The maximum absolute atomic E-state index is 11.7. The average molecular weight is 350 g/mol. The Bertz CT molecular complexity index is 571. The molecular formula is C18H27N3O2S. The molecule has 132 valence electrons. The van der Waals surface area contributed by atoms with Crippen LogP contribution >= 0.6 is 12.2 Å². The van der Waals surface area contributed by atoms with Crippen LogP contribution in [-0.4, -0.2) is 48.8 Å². The molecule has 5 nitrogen and oxygen atoms in total. The van der Waals surface area contributed by atoms with Crippen LogP contribution in [0.5, 0.6) is 0 Å². The molecular weight excluding hydrogens is 322 g/mol. The van der Waals surface area contributed by atoms with E-state index in [4.69, 9.17) is 17.0 Å². The SMILES string of the molecule is CCOC(=O)c1ccc(NC(=S)NCCCN2CCCC2)c(C)c1. The molecule has 1 fully saturated rings. The van der Waals surface area contributed by atoms with E-state index in [0.717, 1.165) is 30.8 Å². The third kappa shape index (κ3) is 5.76. The van der Waals surface area contributed by atoms with E-state index in [9.17, 15) is 4.79 Å². The molecule has 2 rings (SSSR count). The van der Waals surface area contributed by atoms with Crippen LogP contribution < -0.4 is 10.6 Å². The smallest absolute Gasteiger partial charge is 0.338 e. The van der Waals surface area contributed by atoms with Gasteiger partial charge in [-0.15, -0.1) is 0 Å². The number of anilines is 1. The van der Waals surface area contributed by atoms with Gasteiger partial charge in [0.05, 0.1) is 12.2 Å². The van der Waals surface area contributed by atoms with E-state index >= 15 is 0 Å². The molecule has 1 aromatic rings. The number of carbonyl (C=O) groups is 1. The summed E-state index contributed by atoms with van der Waals surface area (Å²) in [6, 6.07) is 5.43. The molecule has 1 aromatic carbocycles. The first-order chi connectivity index (χ1) is 11.6. The van der Waals surface area contributed by atoms with Gasteiger partial charge in [-0.1, -0.05) is 0 Å². The highest BCUT2D eigenvalue weighted by Gasteiger charge is 2.11. The molecule has 0 saturated carbocycles. The lowest BCUT2D eigenvalue weighted by molar-refractivity contribution is 0.0526. The Hall–Kier alpha value is -1.66. The van der Waals surface area contributed by atoms with Crippen molar-refractivity contribution in [2.45, 2.75) is 33.1 Å². The third-order valence-corrected chi connectivity index (χ3v) is 4.37. The lowest BCUT2D eigenvalue weighted by Gasteiger charge is -2.16. The van der Waals surface area contributed by atoms with Gasteiger partial charge >= 0.3 is 5.97 Å². The third-order valence-electron chi connectivity index (χ3n) is 4.12. The van der Waals surface area contributed by atoms with Crippen molar-refractivity contribution in [3.63, 3.8) is 0 Å². The second-order valence-electron chi connectivity index (χ2n) is 6.03. The summed E-state index contributed by atoms with van der Waals surface area (Å²) in [7, 11) is 0. The number of carbonyl (C=O) groups excluding carboxylic acids is 1. The van der Waals surface area contributed by atoms with Gasteiger partial charge in [0.15, 0.2) is 5.11 Å². The summed E-state index contributed by atoms with van der Waals surface area (Å²) in [5.41, 5.74) is 2.42. The van der Waals surface area contributed by atoms with Gasteiger partial charge in [0, 0.05) is 12.2 Å². The number of thiocarbonyl (C=S) groups is 1. The quantitative estimate of drug-likeness (QED) is 0.448. The Morgan fingerprint density at radius 3 is 2.75 bits per heavy atom. The fourth-order valence-corrected chi connectivity index (χ4v) is 3.03. The van der Waals surface area contributed by atoms with E-state index < -0.39 is 0 Å². The molecule has 0 radical (unpaired) electrons. The summed E-state index contributed by atoms with van der Waals surface area (Å²) in [5.74, 6) is -0.297. The van der Waals surface area contributed by atoms with Crippen LogP contribution in [0.2, 0.25) is 0 Å². The van der Waals surface area contributed by atoms with Crippen LogP contribution in [0.3, 0.4) is 0 Å². The first kappa shape index (κ1) is 18.7. The molecule has 0 spiro atoms. The molecule has 1 saturated heterocycles. The van der Waals surface area contributed by atoms with E-state index in [1.54, 1.807) is 13.0 Å². The van der Waals surface area contributed by atoms with Gasteiger partial charge in [0.2, 0.25) is 0 Å². The highest BCUT2D eigenvalue weighted by molar-refractivity contribution is 7.80. The minimum absolute atomic E-state index is 0.297. The number of likely N-dealkylation sites (tertiary alicyclic amines) is 1. The van der Waals surface area contributed by atoms with Crippen LogP contribution in [0.15, 0.2) is 18.2 Å². The Labute approximate surface area is 149 Å².